The van der Waals surface area contributed by atoms with Gasteiger partial charge in [0.2, 0.25) is 0 Å². The number of nitrogen functional groups attached to an aromatic ring is 1. The first-order valence-electron chi connectivity index (χ1n) is 7.12. The van der Waals surface area contributed by atoms with Gasteiger partial charge < -0.3 is 20.5 Å². The molecule has 0 atom stereocenters. The van der Waals surface area contributed by atoms with Crippen LogP contribution < -0.4 is 21.1 Å². The van der Waals surface area contributed by atoms with Crippen molar-refractivity contribution in [3.63, 3.8) is 0 Å². The van der Waals surface area contributed by atoms with Crippen molar-refractivity contribution in [2.24, 2.45) is 5.92 Å². The molecule has 0 aliphatic carbocycles. The lowest BCUT2D eigenvalue weighted by atomic mass is 10.2. The molecule has 1 aromatic rings. The van der Waals surface area contributed by atoms with Crippen molar-refractivity contribution in [2.45, 2.75) is 13.8 Å². The van der Waals surface area contributed by atoms with Crippen molar-refractivity contribution < 1.29 is 23.9 Å². The summed E-state index contributed by atoms with van der Waals surface area (Å²) in [6.45, 7) is 3.61. The predicted molar refractivity (Wildman–Crippen MR) is 89.1 cm³/mol. The minimum Gasteiger partial charge on any atom is -0.496 e. The zero-order valence-electron chi connectivity index (χ0n) is 13.6. The van der Waals surface area contributed by atoms with Gasteiger partial charge in [-0.3, -0.25) is 10.1 Å². The summed E-state index contributed by atoms with van der Waals surface area (Å²) in [6, 6.07) is 2.00. The molecule has 0 saturated heterocycles. The zero-order chi connectivity index (χ0) is 18.3. The second-order valence-electron chi connectivity index (χ2n) is 5.30. The van der Waals surface area contributed by atoms with Gasteiger partial charge in [0, 0.05) is 12.6 Å². The minimum atomic E-state index is -0.827. The third kappa shape index (κ3) is 5.96. The monoisotopic (exact) mass is 357 g/mol. The topological polar surface area (TPSA) is 120 Å². The van der Waals surface area contributed by atoms with Crippen molar-refractivity contribution in [3.8, 4) is 5.75 Å². The van der Waals surface area contributed by atoms with Crippen LogP contribution in [0.2, 0.25) is 5.02 Å². The van der Waals surface area contributed by atoms with Gasteiger partial charge >= 0.3 is 12.0 Å². The summed E-state index contributed by atoms with van der Waals surface area (Å²) in [6.07, 6.45) is 0. The minimum absolute atomic E-state index is 0.0220. The van der Waals surface area contributed by atoms with Crippen molar-refractivity contribution in [1.82, 2.24) is 10.6 Å². The Hall–Kier alpha value is -2.48. The summed E-state index contributed by atoms with van der Waals surface area (Å²) in [7, 11) is 1.35. The number of carbonyl (C=O) groups is 3. The highest BCUT2D eigenvalue weighted by molar-refractivity contribution is 6.33. The van der Waals surface area contributed by atoms with Crippen LogP contribution in [0.15, 0.2) is 12.1 Å². The number of anilines is 1. The lowest BCUT2D eigenvalue weighted by molar-refractivity contribution is -0.123. The van der Waals surface area contributed by atoms with Crippen LogP contribution in [-0.4, -0.2) is 38.2 Å². The Labute approximate surface area is 144 Å². The molecule has 0 heterocycles. The van der Waals surface area contributed by atoms with E-state index in [-0.39, 0.29) is 27.9 Å². The van der Waals surface area contributed by atoms with Crippen LogP contribution in [0.3, 0.4) is 0 Å². The quantitative estimate of drug-likeness (QED) is 0.525. The van der Waals surface area contributed by atoms with Crippen LogP contribution in [0.1, 0.15) is 24.2 Å². The van der Waals surface area contributed by atoms with E-state index in [1.807, 2.05) is 19.2 Å². The second-order valence-corrected chi connectivity index (χ2v) is 5.71. The fraction of sp³-hybridized carbons (Fsp3) is 0.400. The van der Waals surface area contributed by atoms with E-state index in [2.05, 4.69) is 5.32 Å². The Morgan fingerprint density at radius 3 is 2.54 bits per heavy atom. The lowest BCUT2D eigenvalue weighted by Crippen LogP contribution is -2.42. The molecule has 4 N–H and O–H groups in total. The van der Waals surface area contributed by atoms with Gasteiger partial charge in [0.05, 0.1) is 17.8 Å². The molecule has 0 aliphatic rings. The number of rotatable bonds is 6. The van der Waals surface area contributed by atoms with E-state index >= 15 is 0 Å². The fourth-order valence-electron chi connectivity index (χ4n) is 1.61. The van der Waals surface area contributed by atoms with E-state index in [0.29, 0.717) is 6.54 Å². The molecule has 132 valence electrons. The zero-order valence-corrected chi connectivity index (χ0v) is 14.4. The maximum Gasteiger partial charge on any atom is 0.342 e. The van der Waals surface area contributed by atoms with E-state index in [9.17, 15) is 14.4 Å². The second kappa shape index (κ2) is 8.97. The van der Waals surface area contributed by atoms with Gasteiger partial charge in [-0.25, -0.2) is 9.59 Å². The van der Waals surface area contributed by atoms with Crippen LogP contribution in [0.25, 0.3) is 0 Å². The molecule has 8 nitrogen and oxygen atoms in total. The van der Waals surface area contributed by atoms with Gasteiger partial charge in [-0.15, -0.1) is 0 Å². The summed E-state index contributed by atoms with van der Waals surface area (Å²) in [4.78, 5) is 35.0. The summed E-state index contributed by atoms with van der Waals surface area (Å²) >= 11 is 5.86. The molecule has 0 aliphatic heterocycles. The van der Waals surface area contributed by atoms with Crippen LogP contribution in [0.5, 0.6) is 5.75 Å². The molecule has 0 unspecified atom stereocenters. The smallest absolute Gasteiger partial charge is 0.342 e. The average molecular weight is 358 g/mol. The molecule has 1 rings (SSSR count). The maximum absolute atomic E-state index is 12.0. The highest BCUT2D eigenvalue weighted by atomic mass is 35.5. The Bertz CT molecular complexity index is 634. The van der Waals surface area contributed by atoms with E-state index < -0.39 is 24.5 Å². The van der Waals surface area contributed by atoms with Crippen molar-refractivity contribution in [3.05, 3.63) is 22.7 Å². The Balaban J connectivity index is 2.59. The first-order chi connectivity index (χ1) is 11.2. The van der Waals surface area contributed by atoms with Crippen molar-refractivity contribution in [2.75, 3.05) is 26.0 Å². The van der Waals surface area contributed by atoms with Crippen LogP contribution in [-0.2, 0) is 9.53 Å². The molecule has 0 radical (unpaired) electrons. The highest BCUT2D eigenvalue weighted by Crippen LogP contribution is 2.29. The Morgan fingerprint density at radius 1 is 1.29 bits per heavy atom. The highest BCUT2D eigenvalue weighted by Gasteiger charge is 2.18. The molecule has 0 bridgehead atoms. The maximum atomic E-state index is 12.0. The van der Waals surface area contributed by atoms with Crippen LogP contribution in [0.4, 0.5) is 10.5 Å². The van der Waals surface area contributed by atoms with Gasteiger partial charge in [-0.05, 0) is 12.0 Å². The van der Waals surface area contributed by atoms with E-state index in [1.54, 1.807) is 0 Å². The number of nitrogens with one attached hydrogen (secondary N) is 2. The first kappa shape index (κ1) is 19.6. The third-order valence-corrected chi connectivity index (χ3v) is 3.12. The normalized spacial score (nSPS) is 10.2. The Morgan fingerprint density at radius 2 is 1.96 bits per heavy atom. The third-order valence-electron chi connectivity index (χ3n) is 2.80. The molecule has 0 aromatic heterocycles. The largest absolute Gasteiger partial charge is 0.496 e. The number of imide groups is 1. The molecule has 9 heteroatoms. The number of urea groups is 1. The molecule has 0 fully saturated rings. The standard InChI is InChI=1S/C15H20ClN3O5/c1-8(2)6-18-15(22)19-13(20)7-24-14(21)9-4-10(16)11(17)5-12(9)23-3/h4-5,8H,6-7,17H2,1-3H3,(H2,18,19,20,22). The summed E-state index contributed by atoms with van der Waals surface area (Å²) in [5, 5.41) is 4.70. The number of halogens is 1. The van der Waals surface area contributed by atoms with Crippen LogP contribution in [0, 0.1) is 5.92 Å². The number of nitrogens with two attached hydrogens (primary N) is 1. The SMILES string of the molecule is COc1cc(N)c(Cl)cc1C(=O)OCC(=O)NC(=O)NCC(C)C. The molecular formula is C15H20ClN3O5. The number of ether oxygens (including phenoxy) is 2. The summed E-state index contributed by atoms with van der Waals surface area (Å²) in [5.74, 6) is -1.18. The summed E-state index contributed by atoms with van der Waals surface area (Å²) in [5.41, 5.74) is 5.88. The number of benzene rings is 1. The van der Waals surface area contributed by atoms with Gasteiger partial charge in [0.1, 0.15) is 11.3 Å². The summed E-state index contributed by atoms with van der Waals surface area (Å²) < 4.78 is 9.87. The molecule has 1 aromatic carbocycles. The van der Waals surface area contributed by atoms with Crippen molar-refractivity contribution >= 4 is 35.2 Å². The molecule has 3 amide bonds. The number of amides is 3. The lowest BCUT2D eigenvalue weighted by Gasteiger charge is -2.11. The first-order valence-corrected chi connectivity index (χ1v) is 7.50. The van der Waals surface area contributed by atoms with Crippen LogP contribution >= 0.6 is 11.6 Å². The molecular weight excluding hydrogens is 338 g/mol. The van der Waals surface area contributed by atoms with Gasteiger partial charge in [-0.2, -0.15) is 0 Å². The number of hydrogen-bond acceptors (Lipinski definition) is 6. The molecule has 24 heavy (non-hydrogen) atoms. The number of carbonyl (C=O) groups excluding carboxylic acids is 3. The van der Waals surface area contributed by atoms with Crippen molar-refractivity contribution in [1.29, 1.82) is 0 Å². The number of methoxy groups -OCH3 is 1. The Kier molecular flexibility index (Phi) is 7.31. The number of esters is 1. The van der Waals surface area contributed by atoms with E-state index in [0.717, 1.165) is 0 Å². The predicted octanol–water partition coefficient (Wildman–Crippen LogP) is 1.57. The average Bonchev–Trinajstić information content (AvgIpc) is 2.52. The number of hydrogen-bond donors (Lipinski definition) is 3. The van der Waals surface area contributed by atoms with Gasteiger partial charge in [0.25, 0.3) is 5.91 Å². The fourth-order valence-corrected chi connectivity index (χ4v) is 1.77. The van der Waals surface area contributed by atoms with Gasteiger partial charge in [-0.1, -0.05) is 25.4 Å². The van der Waals surface area contributed by atoms with E-state index in [1.165, 1.54) is 19.2 Å². The molecule has 0 saturated carbocycles. The van der Waals surface area contributed by atoms with Gasteiger partial charge in [0.15, 0.2) is 6.61 Å². The molecule has 0 spiro atoms. The van der Waals surface area contributed by atoms with E-state index in [4.69, 9.17) is 26.8 Å².